The van der Waals surface area contributed by atoms with E-state index in [1.807, 2.05) is 37.3 Å². The number of aliphatic hydroxyl groups is 1. The van der Waals surface area contributed by atoms with Gasteiger partial charge in [-0.2, -0.15) is 0 Å². The van der Waals surface area contributed by atoms with E-state index in [4.69, 9.17) is 4.74 Å². The molecule has 0 aromatic heterocycles. The molecule has 1 aromatic carbocycles. The predicted octanol–water partition coefficient (Wildman–Crippen LogP) is 0.196. The number of fused-ring (bicyclic) bond motifs is 1. The van der Waals surface area contributed by atoms with Gasteiger partial charge in [0, 0.05) is 19.6 Å². The summed E-state index contributed by atoms with van der Waals surface area (Å²) in [5.41, 5.74) is -0.0577. The second-order valence-electron chi connectivity index (χ2n) is 8.31. The van der Waals surface area contributed by atoms with Crippen molar-refractivity contribution in [3.05, 3.63) is 35.9 Å². The molecule has 1 aromatic rings. The SMILES string of the molecule is CCCNC(=O)[C@@H]1[C@H]2C(=O)N(CCO)C(C(=O)NCc3ccccc3)C23CC[C@H]1O3. The zero-order chi connectivity index (χ0) is 21.3. The van der Waals surface area contributed by atoms with Gasteiger partial charge in [-0.1, -0.05) is 37.3 Å². The van der Waals surface area contributed by atoms with E-state index in [0.29, 0.717) is 25.9 Å². The average Bonchev–Trinajstić information content (AvgIpc) is 3.39. The van der Waals surface area contributed by atoms with E-state index in [2.05, 4.69) is 10.6 Å². The monoisotopic (exact) mass is 415 g/mol. The summed E-state index contributed by atoms with van der Waals surface area (Å²) >= 11 is 0. The van der Waals surface area contributed by atoms with E-state index in [9.17, 15) is 19.5 Å². The summed E-state index contributed by atoms with van der Waals surface area (Å²) in [6.07, 6.45) is 1.64. The second-order valence-corrected chi connectivity index (χ2v) is 8.31. The lowest BCUT2D eigenvalue weighted by molar-refractivity contribution is -0.142. The highest BCUT2D eigenvalue weighted by Gasteiger charge is 2.74. The number of rotatable bonds is 8. The van der Waals surface area contributed by atoms with Crippen LogP contribution in [0.3, 0.4) is 0 Å². The summed E-state index contributed by atoms with van der Waals surface area (Å²) in [4.78, 5) is 40.8. The Kier molecular flexibility index (Phi) is 5.79. The molecule has 0 saturated carbocycles. The number of β-amino-alcohol motifs (C(OH)–C–C–N with tert-alkyl or cyclic N) is 1. The van der Waals surface area contributed by atoms with Gasteiger partial charge in [0.1, 0.15) is 11.6 Å². The third-order valence-electron chi connectivity index (χ3n) is 6.55. The van der Waals surface area contributed by atoms with Crippen molar-refractivity contribution in [3.8, 4) is 0 Å². The van der Waals surface area contributed by atoms with Gasteiger partial charge in [0.2, 0.25) is 17.7 Å². The summed E-state index contributed by atoms with van der Waals surface area (Å²) < 4.78 is 6.26. The second kappa shape index (κ2) is 8.35. The Labute approximate surface area is 176 Å². The van der Waals surface area contributed by atoms with Crippen molar-refractivity contribution >= 4 is 17.7 Å². The van der Waals surface area contributed by atoms with Crippen LogP contribution >= 0.6 is 0 Å². The fraction of sp³-hybridized carbons (Fsp3) is 0.591. The van der Waals surface area contributed by atoms with E-state index >= 15 is 0 Å². The Morgan fingerprint density at radius 3 is 2.70 bits per heavy atom. The summed E-state index contributed by atoms with van der Waals surface area (Å²) in [5, 5.41) is 15.3. The highest BCUT2D eigenvalue weighted by atomic mass is 16.5. The minimum Gasteiger partial charge on any atom is -0.395 e. The number of nitrogens with one attached hydrogen (secondary N) is 2. The largest absolute Gasteiger partial charge is 0.395 e. The molecule has 0 aliphatic carbocycles. The van der Waals surface area contributed by atoms with Gasteiger partial charge in [0.05, 0.1) is 24.5 Å². The first-order valence-corrected chi connectivity index (χ1v) is 10.7. The van der Waals surface area contributed by atoms with E-state index in [0.717, 1.165) is 12.0 Å². The van der Waals surface area contributed by atoms with Crippen LogP contribution < -0.4 is 10.6 Å². The van der Waals surface area contributed by atoms with Crippen LogP contribution in [0.1, 0.15) is 31.7 Å². The smallest absolute Gasteiger partial charge is 0.246 e. The number of benzene rings is 1. The van der Waals surface area contributed by atoms with Crippen molar-refractivity contribution in [2.75, 3.05) is 19.7 Å². The van der Waals surface area contributed by atoms with E-state index in [1.54, 1.807) is 0 Å². The van der Waals surface area contributed by atoms with Crippen LogP contribution in [0, 0.1) is 11.8 Å². The minimum atomic E-state index is -1.01. The standard InChI is InChI=1S/C22H29N3O5/c1-2-10-23-19(27)16-15-8-9-22(30-15)17(16)21(29)25(11-12-26)18(22)20(28)24-13-14-6-4-3-5-7-14/h3-7,15-18,26H,2,8-13H2,1H3,(H,23,27)(H,24,28)/t15-,16+,17+,18?,22?/m1/s1. The molecule has 3 N–H and O–H groups in total. The lowest BCUT2D eigenvalue weighted by Gasteiger charge is -2.33. The summed E-state index contributed by atoms with van der Waals surface area (Å²) in [5.74, 6) is -2.05. The molecule has 5 atom stereocenters. The van der Waals surface area contributed by atoms with Crippen molar-refractivity contribution in [1.29, 1.82) is 0 Å². The Hall–Kier alpha value is -2.45. The van der Waals surface area contributed by atoms with Crippen LogP contribution in [0.15, 0.2) is 30.3 Å². The van der Waals surface area contributed by atoms with Crippen LogP contribution in [-0.2, 0) is 25.7 Å². The quantitative estimate of drug-likeness (QED) is 0.562. The zero-order valence-electron chi connectivity index (χ0n) is 17.2. The van der Waals surface area contributed by atoms with Crippen molar-refractivity contribution < 1.29 is 24.2 Å². The summed E-state index contributed by atoms with van der Waals surface area (Å²) in [7, 11) is 0. The molecule has 3 aliphatic rings. The lowest BCUT2D eigenvalue weighted by Crippen LogP contribution is -2.55. The topological polar surface area (TPSA) is 108 Å². The maximum Gasteiger partial charge on any atom is 0.246 e. The molecular weight excluding hydrogens is 386 g/mol. The molecule has 2 unspecified atom stereocenters. The first kappa shape index (κ1) is 20.8. The molecular formula is C22H29N3O5. The number of likely N-dealkylation sites (tertiary alicyclic amines) is 1. The Balaban J connectivity index is 1.59. The van der Waals surface area contributed by atoms with Crippen molar-refractivity contribution in [1.82, 2.24) is 15.5 Å². The fourth-order valence-corrected chi connectivity index (χ4v) is 5.35. The number of aliphatic hydroxyl groups excluding tert-OH is 1. The van der Waals surface area contributed by atoms with Crippen LogP contribution in [0.2, 0.25) is 0 Å². The molecule has 3 fully saturated rings. The first-order valence-electron chi connectivity index (χ1n) is 10.7. The Bertz CT molecular complexity index is 816. The van der Waals surface area contributed by atoms with Crippen LogP contribution in [-0.4, -0.2) is 65.2 Å². The van der Waals surface area contributed by atoms with Gasteiger partial charge >= 0.3 is 0 Å². The highest BCUT2D eigenvalue weighted by Crippen LogP contribution is 2.58. The van der Waals surface area contributed by atoms with Crippen LogP contribution in [0.4, 0.5) is 0 Å². The van der Waals surface area contributed by atoms with Gasteiger partial charge in [-0.25, -0.2) is 0 Å². The molecule has 30 heavy (non-hydrogen) atoms. The van der Waals surface area contributed by atoms with Gasteiger partial charge in [0.15, 0.2) is 0 Å². The Morgan fingerprint density at radius 2 is 2.00 bits per heavy atom. The van der Waals surface area contributed by atoms with Gasteiger partial charge in [-0.05, 0) is 24.8 Å². The third kappa shape index (κ3) is 3.28. The number of amides is 3. The molecule has 8 heteroatoms. The maximum absolute atomic E-state index is 13.3. The molecule has 3 heterocycles. The number of carbonyl (C=O) groups is 3. The average molecular weight is 415 g/mol. The van der Waals surface area contributed by atoms with E-state index in [-0.39, 0.29) is 37.0 Å². The minimum absolute atomic E-state index is 0.0395. The van der Waals surface area contributed by atoms with E-state index in [1.165, 1.54) is 4.90 Å². The van der Waals surface area contributed by atoms with Crippen LogP contribution in [0.5, 0.6) is 0 Å². The number of hydrogen-bond donors (Lipinski definition) is 3. The number of carbonyl (C=O) groups excluding carboxylic acids is 3. The zero-order valence-corrected chi connectivity index (χ0v) is 17.2. The highest BCUT2D eigenvalue weighted by molar-refractivity contribution is 5.98. The molecule has 0 radical (unpaired) electrons. The maximum atomic E-state index is 13.3. The number of ether oxygens (including phenoxy) is 1. The first-order chi connectivity index (χ1) is 14.5. The molecule has 162 valence electrons. The molecule has 3 amide bonds. The van der Waals surface area contributed by atoms with Crippen molar-refractivity contribution in [2.45, 2.75) is 50.5 Å². The van der Waals surface area contributed by atoms with Crippen LogP contribution in [0.25, 0.3) is 0 Å². The van der Waals surface area contributed by atoms with E-state index < -0.39 is 23.5 Å². The summed E-state index contributed by atoms with van der Waals surface area (Å²) in [6, 6.07) is 8.68. The van der Waals surface area contributed by atoms with Gasteiger partial charge in [-0.3, -0.25) is 14.4 Å². The van der Waals surface area contributed by atoms with Gasteiger partial charge in [0.25, 0.3) is 0 Å². The molecule has 4 rings (SSSR count). The molecule has 3 aliphatic heterocycles. The molecule has 1 spiro atoms. The Morgan fingerprint density at radius 1 is 1.23 bits per heavy atom. The van der Waals surface area contributed by atoms with Gasteiger partial charge < -0.3 is 25.4 Å². The number of hydrogen-bond acceptors (Lipinski definition) is 5. The van der Waals surface area contributed by atoms with Crippen molar-refractivity contribution in [3.63, 3.8) is 0 Å². The summed E-state index contributed by atoms with van der Waals surface area (Å²) in [6.45, 7) is 2.63. The fourth-order valence-electron chi connectivity index (χ4n) is 5.35. The lowest BCUT2D eigenvalue weighted by atomic mass is 9.70. The number of nitrogens with zero attached hydrogens (tertiary/aromatic N) is 1. The molecule has 8 nitrogen and oxygen atoms in total. The van der Waals surface area contributed by atoms with Crippen molar-refractivity contribution in [2.24, 2.45) is 11.8 Å². The molecule has 3 saturated heterocycles. The molecule has 2 bridgehead atoms. The third-order valence-corrected chi connectivity index (χ3v) is 6.55. The van der Waals surface area contributed by atoms with Gasteiger partial charge in [-0.15, -0.1) is 0 Å². The predicted molar refractivity (Wildman–Crippen MR) is 108 cm³/mol. The normalized spacial score (nSPS) is 31.7.